The lowest BCUT2D eigenvalue weighted by molar-refractivity contribution is -0.156. The van der Waals surface area contributed by atoms with Gasteiger partial charge in [0.05, 0.1) is 6.54 Å². The van der Waals surface area contributed by atoms with Gasteiger partial charge in [-0.1, -0.05) is 0 Å². The summed E-state index contributed by atoms with van der Waals surface area (Å²) < 4.78 is 10.9. The van der Waals surface area contributed by atoms with Crippen molar-refractivity contribution in [2.24, 2.45) is 5.92 Å². The highest BCUT2D eigenvalue weighted by molar-refractivity contribution is 5.76. The van der Waals surface area contributed by atoms with Gasteiger partial charge in [0.25, 0.3) is 0 Å². The second kappa shape index (κ2) is 12.1. The van der Waals surface area contributed by atoms with E-state index in [1.54, 1.807) is 4.90 Å². The minimum Gasteiger partial charge on any atom is -0.459 e. The van der Waals surface area contributed by atoms with Crippen molar-refractivity contribution in [2.45, 2.75) is 90.9 Å². The maximum atomic E-state index is 12.9. The number of rotatable bonds is 5. The summed E-state index contributed by atoms with van der Waals surface area (Å²) >= 11 is 0. The van der Waals surface area contributed by atoms with Gasteiger partial charge in [-0.05, 0) is 73.1 Å². The second-order valence-corrected chi connectivity index (χ2v) is 12.6. The van der Waals surface area contributed by atoms with E-state index in [9.17, 15) is 14.4 Å². The van der Waals surface area contributed by atoms with Crippen molar-refractivity contribution in [2.75, 3.05) is 58.9 Å². The minimum absolute atomic E-state index is 0.149. The van der Waals surface area contributed by atoms with Crippen molar-refractivity contribution >= 4 is 18.0 Å². The van der Waals surface area contributed by atoms with Crippen LogP contribution in [0.2, 0.25) is 0 Å². The Kier molecular flexibility index (Phi) is 9.66. The lowest BCUT2D eigenvalue weighted by Crippen LogP contribution is -2.55. The predicted octanol–water partition coefficient (Wildman–Crippen LogP) is 2.97. The van der Waals surface area contributed by atoms with Crippen LogP contribution in [0, 0.1) is 5.92 Å². The number of nitrogens with zero attached hydrogens (tertiary/aromatic N) is 4. The summed E-state index contributed by atoms with van der Waals surface area (Å²) in [5.74, 6) is 0.435. The van der Waals surface area contributed by atoms with Gasteiger partial charge in [-0.2, -0.15) is 0 Å². The number of likely N-dealkylation sites (tertiary alicyclic amines) is 2. The molecule has 9 heteroatoms. The molecule has 2 amide bonds. The highest BCUT2D eigenvalue weighted by Crippen LogP contribution is 2.24. The van der Waals surface area contributed by atoms with Crippen LogP contribution in [0.15, 0.2) is 0 Å². The van der Waals surface area contributed by atoms with Crippen molar-refractivity contribution in [3.63, 3.8) is 0 Å². The van der Waals surface area contributed by atoms with Gasteiger partial charge in [0.15, 0.2) is 0 Å². The molecule has 0 saturated carbocycles. The van der Waals surface area contributed by atoms with E-state index in [1.807, 2.05) is 46.4 Å². The van der Waals surface area contributed by atoms with Gasteiger partial charge in [0, 0.05) is 64.8 Å². The lowest BCUT2D eigenvalue weighted by Gasteiger charge is -2.43. The molecule has 0 atom stereocenters. The van der Waals surface area contributed by atoms with Crippen molar-refractivity contribution in [3.05, 3.63) is 0 Å². The van der Waals surface area contributed by atoms with E-state index in [2.05, 4.69) is 9.80 Å². The summed E-state index contributed by atoms with van der Waals surface area (Å²) in [6.45, 7) is 18.2. The molecule has 3 aliphatic rings. The summed E-state index contributed by atoms with van der Waals surface area (Å²) in [4.78, 5) is 45.8. The Bertz CT molecular complexity index is 751. The fourth-order valence-corrected chi connectivity index (χ4v) is 5.36. The van der Waals surface area contributed by atoms with Gasteiger partial charge in [-0.25, -0.2) is 4.79 Å². The molecule has 9 nitrogen and oxygen atoms in total. The van der Waals surface area contributed by atoms with Gasteiger partial charge in [-0.3, -0.25) is 19.4 Å². The quantitative estimate of drug-likeness (QED) is 0.528. The summed E-state index contributed by atoms with van der Waals surface area (Å²) in [6, 6.07) is 0.523. The minimum atomic E-state index is -0.483. The van der Waals surface area contributed by atoms with Gasteiger partial charge in [0.2, 0.25) is 5.91 Å². The van der Waals surface area contributed by atoms with E-state index < -0.39 is 11.2 Å². The molecule has 0 aromatic rings. The van der Waals surface area contributed by atoms with E-state index in [0.29, 0.717) is 38.0 Å². The summed E-state index contributed by atoms with van der Waals surface area (Å²) in [6.07, 6.45) is 4.13. The maximum Gasteiger partial charge on any atom is 0.410 e. The number of hydrogen-bond donors (Lipinski definition) is 0. The number of carbonyl (C=O) groups is 3. The zero-order valence-corrected chi connectivity index (χ0v) is 23.4. The first kappa shape index (κ1) is 28.7. The Morgan fingerprint density at radius 2 is 1.25 bits per heavy atom. The summed E-state index contributed by atoms with van der Waals surface area (Å²) in [5.41, 5.74) is -0.924. The molecule has 0 radical (unpaired) electrons. The first-order valence-electron chi connectivity index (χ1n) is 13.7. The number of ether oxygens (including phenoxy) is 2. The Morgan fingerprint density at radius 3 is 1.78 bits per heavy atom. The number of hydrogen-bond acceptors (Lipinski definition) is 7. The van der Waals surface area contributed by atoms with E-state index in [-0.39, 0.29) is 18.0 Å². The van der Waals surface area contributed by atoms with Gasteiger partial charge < -0.3 is 19.3 Å². The molecule has 0 bridgehead atoms. The smallest absolute Gasteiger partial charge is 0.410 e. The zero-order valence-electron chi connectivity index (χ0n) is 23.4. The monoisotopic (exact) mass is 508 g/mol. The number of piperazine rings is 1. The lowest BCUT2D eigenvalue weighted by atomic mass is 9.93. The van der Waals surface area contributed by atoms with E-state index in [1.165, 1.54) is 0 Å². The van der Waals surface area contributed by atoms with Crippen LogP contribution in [0.1, 0.15) is 73.6 Å². The third kappa shape index (κ3) is 9.21. The summed E-state index contributed by atoms with van der Waals surface area (Å²) in [7, 11) is 0. The third-order valence-electron chi connectivity index (χ3n) is 7.24. The highest BCUT2D eigenvalue weighted by atomic mass is 16.6. The van der Waals surface area contributed by atoms with Crippen LogP contribution < -0.4 is 0 Å². The third-order valence-corrected chi connectivity index (χ3v) is 7.24. The average molecular weight is 509 g/mol. The normalized spacial score (nSPS) is 21.9. The highest BCUT2D eigenvalue weighted by Gasteiger charge is 2.32. The molecule has 3 fully saturated rings. The SMILES string of the molecule is CC(C)(C)OC(=O)CN1CCC(N2CCN(C(=O)CC3CCN(C(=O)OC(C)(C)C)CC3)CC2)CC1. The van der Waals surface area contributed by atoms with E-state index in [4.69, 9.17) is 9.47 Å². The molecular formula is C27H48N4O5. The fraction of sp³-hybridized carbons (Fsp3) is 0.889. The van der Waals surface area contributed by atoms with Crippen LogP contribution in [0.4, 0.5) is 4.79 Å². The number of esters is 1. The van der Waals surface area contributed by atoms with Crippen molar-refractivity contribution in [3.8, 4) is 0 Å². The summed E-state index contributed by atoms with van der Waals surface area (Å²) in [5, 5.41) is 0. The molecule has 0 aromatic carbocycles. The van der Waals surface area contributed by atoms with Gasteiger partial charge >= 0.3 is 12.1 Å². The first-order chi connectivity index (χ1) is 16.8. The molecular weight excluding hydrogens is 460 g/mol. The van der Waals surface area contributed by atoms with Crippen LogP contribution in [-0.4, -0.2) is 114 Å². The topological polar surface area (TPSA) is 82.6 Å². The van der Waals surface area contributed by atoms with Gasteiger partial charge in [0.1, 0.15) is 11.2 Å². The Labute approximate surface area is 217 Å². The first-order valence-corrected chi connectivity index (χ1v) is 13.7. The molecule has 0 aromatic heterocycles. The van der Waals surface area contributed by atoms with Crippen molar-refractivity contribution in [1.29, 1.82) is 0 Å². The number of piperidine rings is 2. The number of amides is 2. The zero-order chi connectivity index (χ0) is 26.5. The van der Waals surface area contributed by atoms with Crippen LogP contribution in [0.25, 0.3) is 0 Å². The van der Waals surface area contributed by atoms with Crippen LogP contribution in [0.5, 0.6) is 0 Å². The molecule has 3 saturated heterocycles. The predicted molar refractivity (Wildman–Crippen MR) is 139 cm³/mol. The standard InChI is InChI=1S/C27H48N4O5/c1-26(2,3)35-24(33)20-28-11-9-22(10-12-28)29-15-17-30(18-16-29)23(32)19-21-7-13-31(14-8-21)25(34)36-27(4,5)6/h21-22H,7-20H2,1-6H3. The molecule has 206 valence electrons. The van der Waals surface area contributed by atoms with E-state index >= 15 is 0 Å². The van der Waals surface area contributed by atoms with Crippen LogP contribution >= 0.6 is 0 Å². The molecule has 36 heavy (non-hydrogen) atoms. The van der Waals surface area contributed by atoms with Crippen LogP contribution in [-0.2, 0) is 19.1 Å². The van der Waals surface area contributed by atoms with E-state index in [0.717, 1.165) is 65.0 Å². The molecule has 0 spiro atoms. The molecule has 0 unspecified atom stereocenters. The Balaban J connectivity index is 1.32. The molecule has 3 aliphatic heterocycles. The molecule has 0 N–H and O–H groups in total. The Hall–Kier alpha value is -1.87. The molecule has 3 rings (SSSR count). The Morgan fingerprint density at radius 1 is 0.694 bits per heavy atom. The second-order valence-electron chi connectivity index (χ2n) is 12.6. The average Bonchev–Trinajstić information content (AvgIpc) is 2.78. The van der Waals surface area contributed by atoms with Gasteiger partial charge in [-0.15, -0.1) is 0 Å². The fourth-order valence-electron chi connectivity index (χ4n) is 5.36. The maximum absolute atomic E-state index is 12.9. The molecule has 0 aliphatic carbocycles. The van der Waals surface area contributed by atoms with Crippen LogP contribution in [0.3, 0.4) is 0 Å². The number of carbonyl (C=O) groups excluding carboxylic acids is 3. The largest absolute Gasteiger partial charge is 0.459 e. The van der Waals surface area contributed by atoms with Crippen molar-refractivity contribution < 1.29 is 23.9 Å². The molecule has 3 heterocycles. The van der Waals surface area contributed by atoms with Crippen molar-refractivity contribution in [1.82, 2.24) is 19.6 Å².